The van der Waals surface area contributed by atoms with E-state index in [9.17, 15) is 10.2 Å². The third-order valence-electron chi connectivity index (χ3n) is 5.70. The van der Waals surface area contributed by atoms with Gasteiger partial charge in [0.05, 0.1) is 22.3 Å². The predicted molar refractivity (Wildman–Crippen MR) is 106 cm³/mol. The lowest BCUT2D eigenvalue weighted by atomic mass is 9.81. The van der Waals surface area contributed by atoms with E-state index in [-0.39, 0.29) is 5.60 Å². The topological polar surface area (TPSA) is 52.9 Å². The summed E-state index contributed by atoms with van der Waals surface area (Å²) < 4.78 is 6.32. The third-order valence-corrected chi connectivity index (χ3v) is 6.44. The molecule has 0 saturated carbocycles. The molecular weight excluding hydrogens is 385 g/mol. The zero-order valence-electron chi connectivity index (χ0n) is 14.9. The van der Waals surface area contributed by atoms with Crippen LogP contribution in [0.1, 0.15) is 42.6 Å². The van der Waals surface area contributed by atoms with Crippen LogP contribution in [-0.2, 0) is 0 Å². The van der Waals surface area contributed by atoms with Crippen LogP contribution in [0.2, 0.25) is 10.0 Å². The Kier molecular flexibility index (Phi) is 5.36. The number of aliphatic hydroxyl groups excluding tert-OH is 2. The van der Waals surface area contributed by atoms with Gasteiger partial charge in [0.15, 0.2) is 0 Å². The summed E-state index contributed by atoms with van der Waals surface area (Å²) in [5.41, 5.74) is 1.32. The Hall–Kier alpha value is -1.30. The molecule has 2 heterocycles. The van der Waals surface area contributed by atoms with Crippen LogP contribution in [0.5, 0.6) is 5.75 Å². The molecule has 1 fully saturated rings. The Morgan fingerprint density at radius 2 is 1.85 bits per heavy atom. The monoisotopic (exact) mass is 407 g/mol. The molecule has 0 amide bonds. The number of rotatable bonds is 3. The summed E-state index contributed by atoms with van der Waals surface area (Å²) in [6.07, 6.45) is 1.17. The normalized spacial score (nSPS) is 22.9. The summed E-state index contributed by atoms with van der Waals surface area (Å²) in [7, 11) is 0. The molecule has 2 atom stereocenters. The first kappa shape index (κ1) is 19.0. The Bertz CT molecular complexity index is 821. The van der Waals surface area contributed by atoms with Crippen molar-refractivity contribution >= 4 is 23.2 Å². The quantitative estimate of drug-likeness (QED) is 0.792. The molecule has 1 spiro atoms. The number of fused-ring (bicyclic) bond motifs is 1. The molecule has 2 aromatic carbocycles. The smallest absolute Gasteiger partial charge is 0.125 e. The molecule has 4 nitrogen and oxygen atoms in total. The number of halogens is 2. The lowest BCUT2D eigenvalue weighted by Gasteiger charge is -2.46. The lowest BCUT2D eigenvalue weighted by molar-refractivity contribution is -0.0587. The van der Waals surface area contributed by atoms with Gasteiger partial charge in [-0.05, 0) is 36.6 Å². The molecule has 0 unspecified atom stereocenters. The summed E-state index contributed by atoms with van der Waals surface area (Å²) >= 11 is 12.0. The molecule has 2 aliphatic heterocycles. The molecule has 27 heavy (non-hydrogen) atoms. The van der Waals surface area contributed by atoms with Gasteiger partial charge in [-0.2, -0.15) is 0 Å². The Morgan fingerprint density at radius 1 is 1.11 bits per heavy atom. The number of β-amino-alcohol motifs (C(OH)–C–C–N with tert-alkyl or cyclic N) is 1. The summed E-state index contributed by atoms with van der Waals surface area (Å²) in [6, 6.07) is 13.0. The SMILES string of the molecule is O[C@H](CN1CCC2(CC1)C[C@@H](O)c1ccccc1O2)c1ccc(Cl)c(Cl)c1. The van der Waals surface area contributed by atoms with Gasteiger partial charge in [0.1, 0.15) is 11.4 Å². The van der Waals surface area contributed by atoms with Crippen molar-refractivity contribution in [2.75, 3.05) is 19.6 Å². The number of ether oxygens (including phenoxy) is 1. The van der Waals surface area contributed by atoms with Crippen LogP contribution in [0.15, 0.2) is 42.5 Å². The lowest BCUT2D eigenvalue weighted by Crippen LogP contribution is -2.51. The molecule has 2 aliphatic rings. The van der Waals surface area contributed by atoms with Crippen molar-refractivity contribution in [1.29, 1.82) is 0 Å². The summed E-state index contributed by atoms with van der Waals surface area (Å²) in [5, 5.41) is 22.0. The van der Waals surface area contributed by atoms with Crippen molar-refractivity contribution in [3.05, 3.63) is 63.6 Å². The molecular formula is C21H23Cl2NO3. The van der Waals surface area contributed by atoms with E-state index >= 15 is 0 Å². The van der Waals surface area contributed by atoms with Crippen molar-refractivity contribution in [1.82, 2.24) is 4.90 Å². The van der Waals surface area contributed by atoms with Gasteiger partial charge < -0.3 is 19.8 Å². The highest BCUT2D eigenvalue weighted by atomic mass is 35.5. The first-order valence-corrected chi connectivity index (χ1v) is 10.0. The van der Waals surface area contributed by atoms with E-state index in [0.717, 1.165) is 42.8 Å². The van der Waals surface area contributed by atoms with E-state index in [2.05, 4.69) is 4.90 Å². The maximum Gasteiger partial charge on any atom is 0.125 e. The predicted octanol–water partition coefficient (Wildman–Crippen LogP) is 4.38. The summed E-state index contributed by atoms with van der Waals surface area (Å²) in [5.74, 6) is 0.792. The average molecular weight is 408 g/mol. The van der Waals surface area contributed by atoms with Crippen LogP contribution in [0.3, 0.4) is 0 Å². The summed E-state index contributed by atoms with van der Waals surface area (Å²) in [4.78, 5) is 2.23. The van der Waals surface area contributed by atoms with Gasteiger partial charge in [0, 0.05) is 31.6 Å². The standard InChI is InChI=1S/C21H23Cl2NO3/c22-16-6-5-14(11-17(16)23)19(26)13-24-9-7-21(8-10-24)12-18(25)15-3-1-2-4-20(15)27-21/h1-6,11,18-19,25-26H,7-10,12-13H2/t18-,19-/m1/s1. The van der Waals surface area contributed by atoms with E-state index in [0.29, 0.717) is 23.0 Å². The highest BCUT2D eigenvalue weighted by Crippen LogP contribution is 2.44. The second-order valence-corrected chi connectivity index (χ2v) is 8.35. The number of para-hydroxylation sites is 1. The molecule has 0 bridgehead atoms. The minimum absolute atomic E-state index is 0.321. The Morgan fingerprint density at radius 3 is 2.59 bits per heavy atom. The second-order valence-electron chi connectivity index (χ2n) is 7.53. The van der Waals surface area contributed by atoms with Crippen molar-refractivity contribution in [3.63, 3.8) is 0 Å². The van der Waals surface area contributed by atoms with Gasteiger partial charge in [-0.15, -0.1) is 0 Å². The maximum atomic E-state index is 10.5. The molecule has 6 heteroatoms. The van der Waals surface area contributed by atoms with E-state index in [1.54, 1.807) is 12.1 Å². The highest BCUT2D eigenvalue weighted by Gasteiger charge is 2.42. The number of likely N-dealkylation sites (tertiary alicyclic amines) is 1. The van der Waals surface area contributed by atoms with Crippen molar-refractivity contribution < 1.29 is 14.9 Å². The van der Waals surface area contributed by atoms with E-state index in [4.69, 9.17) is 27.9 Å². The number of piperidine rings is 1. The molecule has 4 rings (SSSR count). The first-order valence-electron chi connectivity index (χ1n) is 9.27. The molecule has 144 valence electrons. The van der Waals surface area contributed by atoms with E-state index in [1.165, 1.54) is 0 Å². The van der Waals surface area contributed by atoms with Gasteiger partial charge in [-0.1, -0.05) is 47.5 Å². The molecule has 1 saturated heterocycles. The van der Waals surface area contributed by atoms with Crippen LogP contribution in [0, 0.1) is 0 Å². The third kappa shape index (κ3) is 3.96. The first-order chi connectivity index (χ1) is 13.0. The van der Waals surface area contributed by atoms with Crippen molar-refractivity contribution in [3.8, 4) is 5.75 Å². The molecule has 0 aliphatic carbocycles. The number of hydrogen-bond donors (Lipinski definition) is 2. The number of hydrogen-bond acceptors (Lipinski definition) is 4. The van der Waals surface area contributed by atoms with Crippen molar-refractivity contribution in [2.45, 2.75) is 37.1 Å². The van der Waals surface area contributed by atoms with E-state index in [1.807, 2.05) is 30.3 Å². The fraction of sp³-hybridized carbons (Fsp3) is 0.429. The molecule has 2 aromatic rings. The Balaban J connectivity index is 1.38. The zero-order chi connectivity index (χ0) is 19.0. The van der Waals surface area contributed by atoms with Crippen LogP contribution in [-0.4, -0.2) is 40.3 Å². The maximum absolute atomic E-state index is 10.5. The van der Waals surface area contributed by atoms with Gasteiger partial charge >= 0.3 is 0 Å². The van der Waals surface area contributed by atoms with E-state index < -0.39 is 12.2 Å². The largest absolute Gasteiger partial charge is 0.487 e. The molecule has 0 radical (unpaired) electrons. The van der Waals surface area contributed by atoms with Gasteiger partial charge in [-0.3, -0.25) is 0 Å². The van der Waals surface area contributed by atoms with Gasteiger partial charge in [0.2, 0.25) is 0 Å². The molecule has 2 N–H and O–H groups in total. The van der Waals surface area contributed by atoms with Gasteiger partial charge in [-0.25, -0.2) is 0 Å². The van der Waals surface area contributed by atoms with Crippen LogP contribution < -0.4 is 4.74 Å². The van der Waals surface area contributed by atoms with Crippen LogP contribution >= 0.6 is 23.2 Å². The second kappa shape index (κ2) is 7.61. The fourth-order valence-corrected chi connectivity index (χ4v) is 4.41. The molecule has 0 aromatic heterocycles. The number of nitrogens with zero attached hydrogens (tertiary/aromatic N) is 1. The minimum atomic E-state index is -0.618. The number of benzene rings is 2. The van der Waals surface area contributed by atoms with Crippen LogP contribution in [0.4, 0.5) is 0 Å². The van der Waals surface area contributed by atoms with Gasteiger partial charge in [0.25, 0.3) is 0 Å². The Labute approximate surface area is 169 Å². The number of aliphatic hydroxyl groups is 2. The van der Waals surface area contributed by atoms with Crippen molar-refractivity contribution in [2.24, 2.45) is 0 Å². The average Bonchev–Trinajstić information content (AvgIpc) is 2.66. The zero-order valence-corrected chi connectivity index (χ0v) is 16.5. The summed E-state index contributed by atoms with van der Waals surface area (Å²) in [6.45, 7) is 2.16. The fourth-order valence-electron chi connectivity index (χ4n) is 4.10. The minimum Gasteiger partial charge on any atom is -0.487 e. The van der Waals surface area contributed by atoms with Crippen LogP contribution in [0.25, 0.3) is 0 Å². The highest BCUT2D eigenvalue weighted by molar-refractivity contribution is 6.42.